The summed E-state index contributed by atoms with van der Waals surface area (Å²) in [5.74, 6) is 0.813. The molecule has 0 spiro atoms. The van der Waals surface area contributed by atoms with Crippen molar-refractivity contribution in [3.63, 3.8) is 0 Å². The predicted octanol–water partition coefficient (Wildman–Crippen LogP) is 7.19. The summed E-state index contributed by atoms with van der Waals surface area (Å²) in [7, 11) is 0. The Morgan fingerprint density at radius 2 is 1.62 bits per heavy atom. The molecular formula is C25H21BrO2S. The van der Waals surface area contributed by atoms with E-state index in [1.54, 1.807) is 11.3 Å². The first-order valence-corrected chi connectivity index (χ1v) is 11.4. The van der Waals surface area contributed by atoms with Crippen molar-refractivity contribution < 1.29 is 9.53 Å². The Kier molecular flexibility index (Phi) is 5.84. The molecule has 146 valence electrons. The maximum absolute atomic E-state index is 13.6. The largest absolute Gasteiger partial charge is 0.493 e. The van der Waals surface area contributed by atoms with E-state index in [2.05, 4.69) is 72.2 Å². The highest BCUT2D eigenvalue weighted by molar-refractivity contribution is 9.09. The lowest BCUT2D eigenvalue weighted by Crippen LogP contribution is -2.03. The van der Waals surface area contributed by atoms with Crippen molar-refractivity contribution in [2.45, 2.75) is 13.8 Å². The Morgan fingerprint density at radius 3 is 2.31 bits per heavy atom. The normalized spacial score (nSPS) is 11.0. The van der Waals surface area contributed by atoms with E-state index < -0.39 is 0 Å². The molecule has 4 rings (SSSR count). The molecular weight excluding hydrogens is 444 g/mol. The standard InChI is InChI=1S/C25H21BrO2S/c1-16-3-6-19(7-4-16)25-23(21-12-5-17(2)15-22(21)29-25)24(27)18-8-10-20(11-9-18)28-14-13-26/h3-12,15H,13-14H2,1-2H3. The molecule has 4 heteroatoms. The van der Waals surface area contributed by atoms with E-state index in [4.69, 9.17) is 4.74 Å². The molecule has 1 heterocycles. The number of rotatable bonds is 6. The van der Waals surface area contributed by atoms with Crippen LogP contribution in [-0.4, -0.2) is 17.7 Å². The van der Waals surface area contributed by atoms with Crippen molar-refractivity contribution in [1.29, 1.82) is 0 Å². The van der Waals surface area contributed by atoms with Crippen LogP contribution in [0.1, 0.15) is 27.0 Å². The first-order valence-electron chi connectivity index (χ1n) is 9.50. The van der Waals surface area contributed by atoms with Crippen LogP contribution >= 0.6 is 27.3 Å². The van der Waals surface area contributed by atoms with Crippen LogP contribution in [0, 0.1) is 13.8 Å². The third-order valence-corrected chi connectivity index (χ3v) is 6.37. The number of ketones is 1. The van der Waals surface area contributed by atoms with E-state index in [1.165, 1.54) is 11.1 Å². The SMILES string of the molecule is Cc1ccc(-c2sc3cc(C)ccc3c2C(=O)c2ccc(OCCBr)cc2)cc1. The second-order valence-electron chi connectivity index (χ2n) is 7.06. The molecule has 29 heavy (non-hydrogen) atoms. The summed E-state index contributed by atoms with van der Waals surface area (Å²) in [5, 5.41) is 1.79. The number of carbonyl (C=O) groups is 1. The molecule has 0 aliphatic rings. The fourth-order valence-electron chi connectivity index (χ4n) is 3.34. The van der Waals surface area contributed by atoms with Gasteiger partial charge in [-0.15, -0.1) is 11.3 Å². The van der Waals surface area contributed by atoms with Gasteiger partial charge in [0.2, 0.25) is 0 Å². The lowest BCUT2D eigenvalue weighted by molar-refractivity contribution is 0.104. The molecule has 0 bridgehead atoms. The van der Waals surface area contributed by atoms with E-state index in [-0.39, 0.29) is 5.78 Å². The van der Waals surface area contributed by atoms with E-state index in [1.807, 2.05) is 24.3 Å². The molecule has 0 saturated carbocycles. The van der Waals surface area contributed by atoms with Crippen LogP contribution in [0.3, 0.4) is 0 Å². The van der Waals surface area contributed by atoms with Crippen LogP contribution in [-0.2, 0) is 0 Å². The van der Waals surface area contributed by atoms with Crippen LogP contribution in [0.25, 0.3) is 20.5 Å². The topological polar surface area (TPSA) is 26.3 Å². The number of aryl methyl sites for hydroxylation is 2. The van der Waals surface area contributed by atoms with E-state index in [0.717, 1.165) is 37.2 Å². The van der Waals surface area contributed by atoms with Gasteiger partial charge in [0.05, 0.1) is 6.61 Å². The molecule has 0 amide bonds. The molecule has 0 aliphatic heterocycles. The summed E-state index contributed by atoms with van der Waals surface area (Å²) in [6, 6.07) is 22.1. The van der Waals surface area contributed by atoms with Crippen molar-refractivity contribution in [1.82, 2.24) is 0 Å². The molecule has 3 aromatic carbocycles. The monoisotopic (exact) mass is 464 g/mol. The molecule has 2 nitrogen and oxygen atoms in total. The zero-order valence-corrected chi connectivity index (χ0v) is 18.8. The number of carbonyl (C=O) groups excluding carboxylic acids is 1. The number of ether oxygens (including phenoxy) is 1. The molecule has 0 fully saturated rings. The van der Waals surface area contributed by atoms with Gasteiger partial charge in [-0.3, -0.25) is 4.79 Å². The van der Waals surface area contributed by atoms with Gasteiger partial charge in [-0.1, -0.05) is 57.9 Å². The van der Waals surface area contributed by atoms with E-state index in [9.17, 15) is 4.79 Å². The summed E-state index contributed by atoms with van der Waals surface area (Å²) in [6.07, 6.45) is 0. The molecule has 0 saturated heterocycles. The van der Waals surface area contributed by atoms with Crippen LogP contribution < -0.4 is 4.74 Å². The molecule has 0 radical (unpaired) electrons. The number of alkyl halides is 1. The van der Waals surface area contributed by atoms with Gasteiger partial charge in [-0.2, -0.15) is 0 Å². The zero-order valence-electron chi connectivity index (χ0n) is 16.4. The third-order valence-electron chi connectivity index (χ3n) is 4.85. The van der Waals surface area contributed by atoms with E-state index >= 15 is 0 Å². The molecule has 0 N–H and O–H groups in total. The van der Waals surface area contributed by atoms with Crippen molar-refractivity contribution in [2.24, 2.45) is 0 Å². The fourth-order valence-corrected chi connectivity index (χ4v) is 4.81. The minimum absolute atomic E-state index is 0.0442. The van der Waals surface area contributed by atoms with Crippen molar-refractivity contribution >= 4 is 43.1 Å². The number of thiophene rings is 1. The van der Waals surface area contributed by atoms with Gasteiger partial charge >= 0.3 is 0 Å². The maximum Gasteiger partial charge on any atom is 0.195 e. The van der Waals surface area contributed by atoms with Gasteiger partial charge in [-0.05, 0) is 55.3 Å². The summed E-state index contributed by atoms with van der Waals surface area (Å²) in [4.78, 5) is 14.6. The van der Waals surface area contributed by atoms with Crippen molar-refractivity contribution in [3.8, 4) is 16.2 Å². The number of halogens is 1. The number of hydrogen-bond acceptors (Lipinski definition) is 3. The highest BCUT2D eigenvalue weighted by Gasteiger charge is 2.21. The highest BCUT2D eigenvalue weighted by Crippen LogP contribution is 2.40. The average molecular weight is 465 g/mol. The molecule has 0 atom stereocenters. The Labute approximate surface area is 183 Å². The Balaban J connectivity index is 1.81. The minimum Gasteiger partial charge on any atom is -0.493 e. The van der Waals surface area contributed by atoms with Gasteiger partial charge in [0.15, 0.2) is 5.78 Å². The van der Waals surface area contributed by atoms with Crippen molar-refractivity contribution in [2.75, 3.05) is 11.9 Å². The summed E-state index contributed by atoms with van der Waals surface area (Å²) < 4.78 is 6.75. The molecule has 0 unspecified atom stereocenters. The lowest BCUT2D eigenvalue weighted by Gasteiger charge is -2.07. The zero-order chi connectivity index (χ0) is 20.4. The van der Waals surface area contributed by atoms with Gasteiger partial charge in [-0.25, -0.2) is 0 Å². The Bertz CT molecular complexity index is 1160. The first-order chi connectivity index (χ1) is 14.1. The average Bonchev–Trinajstić information content (AvgIpc) is 3.11. The number of hydrogen-bond donors (Lipinski definition) is 0. The van der Waals surface area contributed by atoms with Crippen LogP contribution in [0.15, 0.2) is 66.7 Å². The third kappa shape index (κ3) is 4.14. The quantitative estimate of drug-likeness (QED) is 0.223. The van der Waals surface area contributed by atoms with Crippen LogP contribution in [0.5, 0.6) is 5.75 Å². The number of benzene rings is 3. The Morgan fingerprint density at radius 1 is 0.931 bits per heavy atom. The minimum atomic E-state index is 0.0442. The summed E-state index contributed by atoms with van der Waals surface area (Å²) in [5.41, 5.74) is 4.93. The fraction of sp³-hybridized carbons (Fsp3) is 0.160. The molecule has 4 aromatic rings. The summed E-state index contributed by atoms with van der Waals surface area (Å²) in [6.45, 7) is 4.75. The second kappa shape index (κ2) is 8.52. The van der Waals surface area contributed by atoms with Crippen LogP contribution in [0.4, 0.5) is 0 Å². The second-order valence-corrected chi connectivity index (χ2v) is 8.91. The lowest BCUT2D eigenvalue weighted by atomic mass is 9.97. The predicted molar refractivity (Wildman–Crippen MR) is 126 cm³/mol. The van der Waals surface area contributed by atoms with Crippen LogP contribution in [0.2, 0.25) is 0 Å². The number of fused-ring (bicyclic) bond motifs is 1. The van der Waals surface area contributed by atoms with Crippen molar-refractivity contribution in [3.05, 3.63) is 89.0 Å². The van der Waals surface area contributed by atoms with E-state index in [0.29, 0.717) is 12.2 Å². The first kappa shape index (κ1) is 19.9. The van der Waals surface area contributed by atoms with Gasteiger partial charge in [0.25, 0.3) is 0 Å². The maximum atomic E-state index is 13.6. The highest BCUT2D eigenvalue weighted by atomic mass is 79.9. The molecule has 0 aliphatic carbocycles. The Hall–Kier alpha value is -2.43. The smallest absolute Gasteiger partial charge is 0.195 e. The van der Waals surface area contributed by atoms with Gasteiger partial charge < -0.3 is 4.74 Å². The molecule has 1 aromatic heterocycles. The van der Waals surface area contributed by atoms with Gasteiger partial charge in [0.1, 0.15) is 5.75 Å². The van der Waals surface area contributed by atoms with Gasteiger partial charge in [0, 0.05) is 31.4 Å². The summed E-state index contributed by atoms with van der Waals surface area (Å²) >= 11 is 5.04.